The average Bonchev–Trinajstić information content (AvgIpc) is 3.06. The van der Waals surface area contributed by atoms with Crippen molar-refractivity contribution < 1.29 is 9.53 Å². The van der Waals surface area contributed by atoms with Crippen molar-refractivity contribution in [1.29, 1.82) is 0 Å². The number of benzene rings is 2. The number of likely N-dealkylation sites (N-methyl/N-ethyl adjacent to an activating group) is 1. The molecule has 0 aliphatic carbocycles. The maximum atomic E-state index is 12.7. The minimum absolute atomic E-state index is 0.0224. The van der Waals surface area contributed by atoms with Gasteiger partial charge in [-0.25, -0.2) is 4.79 Å². The predicted octanol–water partition coefficient (Wildman–Crippen LogP) is 5.83. The van der Waals surface area contributed by atoms with Gasteiger partial charge in [-0.1, -0.05) is 59.6 Å². The van der Waals surface area contributed by atoms with Gasteiger partial charge in [0.25, 0.3) is 0 Å². The minimum Gasteiger partial charge on any atom is -0.444 e. The van der Waals surface area contributed by atoms with Crippen molar-refractivity contribution in [1.82, 2.24) is 9.80 Å². The van der Waals surface area contributed by atoms with Crippen LogP contribution in [0.25, 0.3) is 0 Å². The molecule has 2 atom stereocenters. The number of ether oxygens (including phenoxy) is 1. The molecule has 156 valence electrons. The molecule has 1 heterocycles. The molecule has 2 aromatic carbocycles. The third-order valence-electron chi connectivity index (χ3n) is 5.16. The number of likely N-dealkylation sites (tertiary alicyclic amines) is 1. The summed E-state index contributed by atoms with van der Waals surface area (Å²) in [6.07, 6.45) is -0.311. The molecule has 1 aliphatic heterocycles. The molecule has 0 spiro atoms. The Morgan fingerprint density at radius 1 is 1.10 bits per heavy atom. The van der Waals surface area contributed by atoms with Crippen LogP contribution in [0.5, 0.6) is 0 Å². The Balaban J connectivity index is 1.84. The van der Waals surface area contributed by atoms with Gasteiger partial charge in [-0.15, -0.1) is 0 Å². The van der Waals surface area contributed by atoms with Crippen LogP contribution < -0.4 is 0 Å². The highest BCUT2D eigenvalue weighted by molar-refractivity contribution is 6.42. The van der Waals surface area contributed by atoms with E-state index < -0.39 is 5.60 Å². The van der Waals surface area contributed by atoms with E-state index in [2.05, 4.69) is 17.0 Å². The fourth-order valence-electron chi connectivity index (χ4n) is 3.77. The molecular weight excluding hydrogens is 407 g/mol. The van der Waals surface area contributed by atoms with Crippen LogP contribution in [-0.2, 0) is 11.3 Å². The van der Waals surface area contributed by atoms with Gasteiger partial charge in [-0.2, -0.15) is 0 Å². The van der Waals surface area contributed by atoms with E-state index in [1.54, 1.807) is 4.90 Å². The van der Waals surface area contributed by atoms with Gasteiger partial charge in [0.15, 0.2) is 0 Å². The van der Waals surface area contributed by atoms with Crippen molar-refractivity contribution >= 4 is 29.3 Å². The third-order valence-corrected chi connectivity index (χ3v) is 5.90. The van der Waals surface area contributed by atoms with Gasteiger partial charge in [0, 0.05) is 32.6 Å². The molecule has 2 aromatic rings. The molecule has 1 saturated heterocycles. The Kier molecular flexibility index (Phi) is 6.77. The fraction of sp³-hybridized carbons (Fsp3) is 0.435. The maximum absolute atomic E-state index is 12.7. The van der Waals surface area contributed by atoms with Crippen LogP contribution >= 0.6 is 23.2 Å². The highest BCUT2D eigenvalue weighted by Gasteiger charge is 2.39. The molecular formula is C23H28Cl2N2O2. The first-order valence-electron chi connectivity index (χ1n) is 9.81. The molecule has 29 heavy (non-hydrogen) atoms. The van der Waals surface area contributed by atoms with Crippen LogP contribution in [0.3, 0.4) is 0 Å². The number of carbonyl (C=O) groups is 1. The smallest absolute Gasteiger partial charge is 0.410 e. The zero-order valence-electron chi connectivity index (χ0n) is 17.4. The summed E-state index contributed by atoms with van der Waals surface area (Å²) in [6.45, 7) is 8.06. The van der Waals surface area contributed by atoms with E-state index in [1.807, 2.05) is 64.2 Å². The van der Waals surface area contributed by atoms with Gasteiger partial charge in [-0.05, 0) is 44.0 Å². The van der Waals surface area contributed by atoms with E-state index in [4.69, 9.17) is 27.9 Å². The highest BCUT2D eigenvalue weighted by atomic mass is 35.5. The van der Waals surface area contributed by atoms with Crippen LogP contribution in [0.1, 0.15) is 37.8 Å². The van der Waals surface area contributed by atoms with E-state index in [0.717, 1.165) is 25.2 Å². The molecule has 1 amide bonds. The van der Waals surface area contributed by atoms with Crippen molar-refractivity contribution in [3.8, 4) is 0 Å². The summed E-state index contributed by atoms with van der Waals surface area (Å²) in [5.74, 6) is 0.117. The first kappa shape index (κ1) is 21.9. The monoisotopic (exact) mass is 434 g/mol. The maximum Gasteiger partial charge on any atom is 0.410 e. The first-order valence-corrected chi connectivity index (χ1v) is 10.6. The van der Waals surface area contributed by atoms with Crippen LogP contribution in [0.4, 0.5) is 4.79 Å². The van der Waals surface area contributed by atoms with Gasteiger partial charge in [0.2, 0.25) is 0 Å². The van der Waals surface area contributed by atoms with Crippen molar-refractivity contribution in [2.75, 3.05) is 20.1 Å². The first-order chi connectivity index (χ1) is 13.6. The molecule has 0 bridgehead atoms. The molecule has 4 nitrogen and oxygen atoms in total. The Labute approximate surface area is 183 Å². The second-order valence-corrected chi connectivity index (χ2v) is 9.43. The van der Waals surface area contributed by atoms with Crippen LogP contribution in [0, 0.1) is 0 Å². The topological polar surface area (TPSA) is 32.8 Å². The lowest BCUT2D eigenvalue weighted by molar-refractivity contribution is 0.0217. The van der Waals surface area contributed by atoms with Gasteiger partial charge in [-0.3, -0.25) is 4.90 Å². The van der Waals surface area contributed by atoms with Gasteiger partial charge in [0.05, 0.1) is 16.1 Å². The minimum atomic E-state index is -0.535. The molecule has 0 aromatic heterocycles. The SMILES string of the molecule is CN(C(=O)OC(C)(C)C)[C@H]1CN(Cc2ccccc2)C[C@H]1c1ccc(Cl)c(Cl)c1. The molecule has 0 N–H and O–H groups in total. The van der Waals surface area contributed by atoms with Crippen LogP contribution in [0.2, 0.25) is 10.0 Å². The summed E-state index contributed by atoms with van der Waals surface area (Å²) in [5, 5.41) is 1.07. The van der Waals surface area contributed by atoms with E-state index in [1.165, 1.54) is 5.56 Å². The summed E-state index contributed by atoms with van der Waals surface area (Å²) in [5.41, 5.74) is 1.79. The van der Waals surface area contributed by atoms with Crippen molar-refractivity contribution in [3.63, 3.8) is 0 Å². The van der Waals surface area contributed by atoms with Gasteiger partial charge < -0.3 is 9.64 Å². The molecule has 3 rings (SSSR count). The second kappa shape index (κ2) is 8.95. The van der Waals surface area contributed by atoms with E-state index in [-0.39, 0.29) is 18.1 Å². The number of rotatable bonds is 4. The Morgan fingerprint density at radius 3 is 2.41 bits per heavy atom. The predicted molar refractivity (Wildman–Crippen MR) is 119 cm³/mol. The Bertz CT molecular complexity index is 852. The lowest BCUT2D eigenvalue weighted by Gasteiger charge is -2.31. The quantitative estimate of drug-likeness (QED) is 0.606. The highest BCUT2D eigenvalue weighted by Crippen LogP contribution is 2.35. The molecule has 0 saturated carbocycles. The number of amides is 1. The summed E-state index contributed by atoms with van der Waals surface area (Å²) < 4.78 is 5.61. The van der Waals surface area contributed by atoms with Gasteiger partial charge in [0.1, 0.15) is 5.60 Å². The van der Waals surface area contributed by atoms with Crippen molar-refractivity contribution in [2.24, 2.45) is 0 Å². The van der Waals surface area contributed by atoms with E-state index >= 15 is 0 Å². The van der Waals surface area contributed by atoms with Crippen LogP contribution in [0.15, 0.2) is 48.5 Å². The lowest BCUT2D eigenvalue weighted by atomic mass is 9.93. The normalized spacial score (nSPS) is 19.9. The summed E-state index contributed by atoms with van der Waals surface area (Å²) in [7, 11) is 1.81. The molecule has 6 heteroatoms. The molecule has 0 radical (unpaired) electrons. The standard InChI is InChI=1S/C23H28Cl2N2O2/c1-23(2,3)29-22(28)26(4)21-15-27(13-16-8-6-5-7-9-16)14-18(21)17-10-11-19(24)20(25)12-17/h5-12,18,21H,13-15H2,1-4H3/t18-,21-/m0/s1. The molecule has 0 unspecified atom stereocenters. The summed E-state index contributed by atoms with van der Waals surface area (Å²) in [6, 6.07) is 16.1. The Hall–Kier alpha value is -1.75. The Morgan fingerprint density at radius 2 is 1.79 bits per heavy atom. The average molecular weight is 435 g/mol. The molecule has 1 aliphatic rings. The number of hydrogen-bond donors (Lipinski definition) is 0. The summed E-state index contributed by atoms with van der Waals surface area (Å²) >= 11 is 12.4. The zero-order valence-corrected chi connectivity index (χ0v) is 18.9. The third kappa shape index (κ3) is 5.65. The largest absolute Gasteiger partial charge is 0.444 e. The van der Waals surface area contributed by atoms with E-state index in [9.17, 15) is 4.79 Å². The molecule has 1 fully saturated rings. The van der Waals surface area contributed by atoms with Crippen molar-refractivity contribution in [3.05, 3.63) is 69.7 Å². The number of halogens is 2. The van der Waals surface area contributed by atoms with Crippen LogP contribution in [-0.4, -0.2) is 47.7 Å². The zero-order chi connectivity index (χ0) is 21.2. The fourth-order valence-corrected chi connectivity index (χ4v) is 4.08. The summed E-state index contributed by atoms with van der Waals surface area (Å²) in [4.78, 5) is 16.8. The van der Waals surface area contributed by atoms with Crippen molar-refractivity contribution in [2.45, 2.75) is 44.9 Å². The number of carbonyl (C=O) groups excluding carboxylic acids is 1. The second-order valence-electron chi connectivity index (χ2n) is 8.62. The lowest BCUT2D eigenvalue weighted by Crippen LogP contribution is -2.44. The number of hydrogen-bond acceptors (Lipinski definition) is 3. The van der Waals surface area contributed by atoms with Gasteiger partial charge >= 0.3 is 6.09 Å². The van der Waals surface area contributed by atoms with E-state index in [0.29, 0.717) is 10.0 Å². The number of nitrogens with zero attached hydrogens (tertiary/aromatic N) is 2.